The monoisotopic (exact) mass is 723 g/mol. The molecule has 0 radical (unpaired) electrons. The Morgan fingerprint density at radius 3 is 2.50 bits per heavy atom. The van der Waals surface area contributed by atoms with E-state index in [4.69, 9.17) is 5.73 Å². The third kappa shape index (κ3) is 12.2. The molecular weight excluding hydrogens is 654 g/mol. The maximum Gasteiger partial charge on any atom is 0.309 e. The van der Waals surface area contributed by atoms with E-state index in [1.165, 1.54) is 19.3 Å². The summed E-state index contributed by atoms with van der Waals surface area (Å²) in [5.74, 6) is -0.555. The minimum atomic E-state index is -1.31. The number of allylic oxidation sites excluding steroid dienone is 1. The fourth-order valence-corrected chi connectivity index (χ4v) is 9.16. The number of nitrogen functional groups attached to an aromatic ring is 1. The molecule has 9 heteroatoms. The topological polar surface area (TPSA) is 171 Å². The molecule has 2 heterocycles. The van der Waals surface area contributed by atoms with Crippen LogP contribution in [0.4, 0.5) is 5.82 Å². The SMILES string of the molecule is CCCCCC1C=CC(CCCCCC(C(=O)O)C(O)CCC2(O)CC(Cc3ccnc(N)c3)CC2C(O)c2cc(C(C)CC(C)C)c[n-]2)C(O)C1. The number of rotatable bonds is 22. The number of aliphatic carboxylic acids is 1. The smallest absolute Gasteiger partial charge is 0.309 e. The van der Waals surface area contributed by atoms with Crippen LogP contribution in [-0.2, 0) is 11.2 Å². The summed E-state index contributed by atoms with van der Waals surface area (Å²) in [4.78, 5) is 21.0. The molecular formula is C43H68N3O6-. The summed E-state index contributed by atoms with van der Waals surface area (Å²) >= 11 is 0. The highest BCUT2D eigenvalue weighted by Crippen LogP contribution is 2.50. The number of carboxylic acids is 1. The molecule has 52 heavy (non-hydrogen) atoms. The molecule has 1 fully saturated rings. The number of nitrogens with two attached hydrogens (primary N) is 1. The molecule has 2 aliphatic carbocycles. The molecule has 4 rings (SSSR count). The molecule has 0 aromatic carbocycles. The van der Waals surface area contributed by atoms with Crippen molar-refractivity contribution < 1.29 is 30.3 Å². The second kappa shape index (κ2) is 20.1. The van der Waals surface area contributed by atoms with Gasteiger partial charge in [0, 0.05) is 18.0 Å². The Bertz CT molecular complexity index is 1390. The van der Waals surface area contributed by atoms with Gasteiger partial charge in [-0.15, -0.1) is 5.69 Å². The number of unbranched alkanes of at least 4 members (excludes halogenated alkanes) is 4. The van der Waals surface area contributed by atoms with Crippen molar-refractivity contribution in [2.75, 3.05) is 5.73 Å². The zero-order valence-corrected chi connectivity index (χ0v) is 32.2. The summed E-state index contributed by atoms with van der Waals surface area (Å²) in [6.45, 7) is 8.74. The van der Waals surface area contributed by atoms with Crippen LogP contribution < -0.4 is 10.7 Å². The zero-order chi connectivity index (χ0) is 37.8. The van der Waals surface area contributed by atoms with Gasteiger partial charge in [-0.1, -0.05) is 90.0 Å². The molecule has 2 aromatic rings. The lowest BCUT2D eigenvalue weighted by Gasteiger charge is -2.36. The average molecular weight is 723 g/mol. The van der Waals surface area contributed by atoms with Gasteiger partial charge >= 0.3 is 5.97 Å². The van der Waals surface area contributed by atoms with Crippen molar-refractivity contribution in [2.24, 2.45) is 35.5 Å². The van der Waals surface area contributed by atoms with Crippen LogP contribution in [0.3, 0.4) is 0 Å². The normalized spacial score (nSPS) is 27.1. The Morgan fingerprint density at radius 2 is 1.81 bits per heavy atom. The molecule has 1 saturated carbocycles. The lowest BCUT2D eigenvalue weighted by Crippen LogP contribution is -2.39. The molecule has 2 aliphatic rings. The molecule has 7 N–H and O–H groups in total. The van der Waals surface area contributed by atoms with E-state index in [-0.39, 0.29) is 30.8 Å². The van der Waals surface area contributed by atoms with Gasteiger partial charge in [0.05, 0.1) is 29.8 Å². The van der Waals surface area contributed by atoms with Crippen LogP contribution in [0.25, 0.3) is 0 Å². The minimum Gasteiger partial charge on any atom is -0.665 e. The van der Waals surface area contributed by atoms with Gasteiger partial charge in [0.2, 0.25) is 0 Å². The first-order chi connectivity index (χ1) is 24.8. The van der Waals surface area contributed by atoms with Crippen molar-refractivity contribution in [1.29, 1.82) is 0 Å². The number of pyridine rings is 1. The Hall–Kier alpha value is -2.72. The van der Waals surface area contributed by atoms with E-state index in [1.54, 1.807) is 6.20 Å². The van der Waals surface area contributed by atoms with Crippen LogP contribution >= 0.6 is 0 Å². The molecule has 292 valence electrons. The lowest BCUT2D eigenvalue weighted by atomic mass is 9.79. The van der Waals surface area contributed by atoms with Crippen LogP contribution in [-0.4, -0.2) is 54.3 Å². The standard InChI is InChI=1S/C43H68N3O6/c1-5-6-8-11-30-14-15-33(39(48)23-30)12-9-7-10-13-35(42(50)51)38(47)16-18-43(52)26-32(21-31-17-19-45-40(44)24-31)22-36(43)41(49)37-25-34(27-46-37)29(4)20-28(2)3/h14-15,17,19,24-25,27-30,32-33,35-36,38-39,41,47-49,52H,5-13,16,18,20-23,26H2,1-4H3,(H2,44,45)(H,50,51)/q-1. The highest BCUT2D eigenvalue weighted by atomic mass is 16.4. The molecule has 0 amide bonds. The van der Waals surface area contributed by atoms with E-state index in [2.05, 4.69) is 49.8 Å². The first-order valence-electron chi connectivity index (χ1n) is 20.3. The number of aliphatic hydroxyl groups excluding tert-OH is 3. The summed E-state index contributed by atoms with van der Waals surface area (Å²) in [5, 5.41) is 56.0. The lowest BCUT2D eigenvalue weighted by molar-refractivity contribution is -0.147. The van der Waals surface area contributed by atoms with Crippen molar-refractivity contribution in [1.82, 2.24) is 9.97 Å². The van der Waals surface area contributed by atoms with Crippen LogP contribution in [0, 0.1) is 35.5 Å². The van der Waals surface area contributed by atoms with Crippen LogP contribution in [0.1, 0.15) is 153 Å². The van der Waals surface area contributed by atoms with Gasteiger partial charge in [-0.3, -0.25) is 4.79 Å². The molecule has 2 aromatic heterocycles. The Balaban J connectivity index is 1.34. The van der Waals surface area contributed by atoms with E-state index in [0.29, 0.717) is 61.4 Å². The van der Waals surface area contributed by atoms with Crippen LogP contribution in [0.2, 0.25) is 0 Å². The number of carboxylic acid groups (broad SMARTS) is 1. The van der Waals surface area contributed by atoms with Gasteiger partial charge in [-0.2, -0.15) is 6.20 Å². The van der Waals surface area contributed by atoms with Crippen molar-refractivity contribution in [3.63, 3.8) is 0 Å². The predicted octanol–water partition coefficient (Wildman–Crippen LogP) is 7.73. The zero-order valence-electron chi connectivity index (χ0n) is 32.2. The number of hydrogen-bond acceptors (Lipinski definition) is 7. The molecule has 9 nitrogen and oxygen atoms in total. The average Bonchev–Trinajstić information content (AvgIpc) is 3.71. The second-order valence-corrected chi connectivity index (χ2v) is 16.9. The van der Waals surface area contributed by atoms with Crippen LogP contribution in [0.15, 0.2) is 42.7 Å². The maximum atomic E-state index is 12.3. The first-order valence-corrected chi connectivity index (χ1v) is 20.3. The van der Waals surface area contributed by atoms with Crippen molar-refractivity contribution in [3.05, 3.63) is 59.6 Å². The number of anilines is 1. The summed E-state index contributed by atoms with van der Waals surface area (Å²) in [7, 11) is 0. The quantitative estimate of drug-likeness (QED) is 0.0526. The van der Waals surface area contributed by atoms with E-state index in [0.717, 1.165) is 49.7 Å². The predicted molar refractivity (Wildman–Crippen MR) is 206 cm³/mol. The number of hydrogen-bond donors (Lipinski definition) is 6. The molecule has 0 aliphatic heterocycles. The Morgan fingerprint density at radius 1 is 1.04 bits per heavy atom. The van der Waals surface area contributed by atoms with Gasteiger partial charge in [0.15, 0.2) is 0 Å². The summed E-state index contributed by atoms with van der Waals surface area (Å²) in [5.41, 5.74) is 7.27. The maximum absolute atomic E-state index is 12.3. The summed E-state index contributed by atoms with van der Waals surface area (Å²) in [6.07, 6.45) is 17.7. The third-order valence-corrected chi connectivity index (χ3v) is 12.1. The largest absolute Gasteiger partial charge is 0.665 e. The van der Waals surface area contributed by atoms with E-state index >= 15 is 0 Å². The van der Waals surface area contributed by atoms with Gasteiger partial charge in [0.1, 0.15) is 5.82 Å². The van der Waals surface area contributed by atoms with Crippen molar-refractivity contribution in [3.8, 4) is 0 Å². The van der Waals surface area contributed by atoms with Gasteiger partial charge < -0.3 is 36.3 Å². The van der Waals surface area contributed by atoms with E-state index < -0.39 is 35.6 Å². The van der Waals surface area contributed by atoms with Gasteiger partial charge in [-0.05, 0) is 106 Å². The molecule has 0 bridgehead atoms. The number of aliphatic hydroxyl groups is 4. The van der Waals surface area contributed by atoms with Crippen LogP contribution in [0.5, 0.6) is 0 Å². The van der Waals surface area contributed by atoms with Gasteiger partial charge in [0.25, 0.3) is 0 Å². The van der Waals surface area contributed by atoms with Gasteiger partial charge in [-0.25, -0.2) is 4.98 Å². The molecule has 0 saturated heterocycles. The fraction of sp³-hybridized carbons (Fsp3) is 0.721. The highest BCUT2D eigenvalue weighted by molar-refractivity contribution is 5.70. The first kappa shape index (κ1) is 42.0. The second-order valence-electron chi connectivity index (χ2n) is 16.9. The van der Waals surface area contributed by atoms with E-state index in [9.17, 15) is 30.3 Å². The summed E-state index contributed by atoms with van der Waals surface area (Å²) < 4.78 is 0. The number of aromatic nitrogens is 2. The van der Waals surface area contributed by atoms with Crippen molar-refractivity contribution in [2.45, 2.75) is 160 Å². The number of nitrogens with zero attached hydrogens (tertiary/aromatic N) is 2. The minimum absolute atomic E-state index is 0.0534. The Labute approximate surface area is 312 Å². The summed E-state index contributed by atoms with van der Waals surface area (Å²) in [6, 6.07) is 5.71. The van der Waals surface area contributed by atoms with Crippen molar-refractivity contribution >= 4 is 11.8 Å². The number of carbonyl (C=O) groups is 1. The molecule has 0 spiro atoms. The molecule has 10 atom stereocenters. The van der Waals surface area contributed by atoms with E-state index in [1.807, 2.05) is 24.4 Å². The third-order valence-electron chi connectivity index (χ3n) is 12.1. The molecule has 10 unspecified atom stereocenters. The highest BCUT2D eigenvalue weighted by Gasteiger charge is 2.49. The Kier molecular flexibility index (Phi) is 16.2. The fourth-order valence-electron chi connectivity index (χ4n) is 9.16.